The van der Waals surface area contributed by atoms with Gasteiger partial charge in [-0.05, 0) is 46.1 Å². The molecule has 0 spiro atoms. The van der Waals surface area contributed by atoms with Crippen LogP contribution in [0.3, 0.4) is 0 Å². The average Bonchev–Trinajstić information content (AvgIpc) is 2.47. The van der Waals surface area contributed by atoms with E-state index in [1.807, 2.05) is 36.5 Å². The predicted octanol–water partition coefficient (Wildman–Crippen LogP) is 2.55. The molecular weight excluding hydrogens is 320 g/mol. The van der Waals surface area contributed by atoms with Gasteiger partial charge in [0.25, 0.3) is 0 Å². The number of para-hydroxylation sites is 2. The van der Waals surface area contributed by atoms with E-state index < -0.39 is 0 Å². The lowest BCUT2D eigenvalue weighted by atomic mass is 10.0. The summed E-state index contributed by atoms with van der Waals surface area (Å²) in [5.41, 5.74) is 7.32. The molecule has 0 fully saturated rings. The van der Waals surface area contributed by atoms with E-state index in [1.165, 1.54) is 0 Å². The van der Waals surface area contributed by atoms with Crippen molar-refractivity contribution in [3.8, 4) is 11.5 Å². The summed E-state index contributed by atoms with van der Waals surface area (Å²) in [7, 11) is 0. The number of halogens is 1. The minimum Gasteiger partial charge on any atom is -0.486 e. The Morgan fingerprint density at radius 2 is 2.10 bits per heavy atom. The van der Waals surface area contributed by atoms with E-state index in [0.29, 0.717) is 13.0 Å². The Morgan fingerprint density at radius 1 is 1.30 bits per heavy atom. The number of hydrogen-bond acceptors (Lipinski definition) is 4. The average molecular weight is 335 g/mol. The van der Waals surface area contributed by atoms with Gasteiger partial charge in [0.2, 0.25) is 0 Å². The van der Waals surface area contributed by atoms with Crippen LogP contribution in [0.5, 0.6) is 11.5 Å². The van der Waals surface area contributed by atoms with Crippen molar-refractivity contribution in [2.45, 2.75) is 18.6 Å². The number of pyridine rings is 1. The number of hydrogen-bond donors (Lipinski definition) is 1. The molecule has 1 aromatic carbocycles. The Labute approximate surface area is 126 Å². The second kappa shape index (κ2) is 5.81. The Kier molecular flexibility index (Phi) is 3.89. The first-order valence-corrected chi connectivity index (χ1v) is 7.25. The zero-order valence-electron chi connectivity index (χ0n) is 10.8. The molecular formula is C15H15BrN2O2. The SMILES string of the molecule is NC(Cc1cncc(Br)c1)C1COc2ccccc2O1. The number of ether oxygens (including phenoxy) is 2. The summed E-state index contributed by atoms with van der Waals surface area (Å²) in [4.78, 5) is 4.14. The molecule has 0 saturated heterocycles. The molecule has 2 atom stereocenters. The molecule has 0 bridgehead atoms. The van der Waals surface area contributed by atoms with Crippen LogP contribution in [0.1, 0.15) is 5.56 Å². The second-order valence-corrected chi connectivity index (χ2v) is 5.71. The first-order chi connectivity index (χ1) is 9.72. The third kappa shape index (κ3) is 2.94. The lowest BCUT2D eigenvalue weighted by Crippen LogP contribution is -2.46. The van der Waals surface area contributed by atoms with Crippen molar-refractivity contribution < 1.29 is 9.47 Å². The quantitative estimate of drug-likeness (QED) is 0.937. The molecule has 1 aliphatic rings. The van der Waals surface area contributed by atoms with E-state index in [2.05, 4.69) is 20.9 Å². The van der Waals surface area contributed by atoms with Crippen LogP contribution in [0.15, 0.2) is 47.2 Å². The molecule has 2 heterocycles. The van der Waals surface area contributed by atoms with Crippen LogP contribution < -0.4 is 15.2 Å². The Balaban J connectivity index is 1.68. The Hall–Kier alpha value is -1.59. The zero-order valence-corrected chi connectivity index (χ0v) is 12.4. The van der Waals surface area contributed by atoms with Gasteiger partial charge in [-0.1, -0.05) is 12.1 Å². The Morgan fingerprint density at radius 3 is 2.90 bits per heavy atom. The summed E-state index contributed by atoms with van der Waals surface area (Å²) in [6.07, 6.45) is 4.12. The fourth-order valence-corrected chi connectivity index (χ4v) is 2.63. The molecule has 20 heavy (non-hydrogen) atoms. The van der Waals surface area contributed by atoms with Gasteiger partial charge in [-0.3, -0.25) is 4.98 Å². The van der Waals surface area contributed by atoms with Crippen LogP contribution in [-0.4, -0.2) is 23.7 Å². The van der Waals surface area contributed by atoms with Crippen LogP contribution in [-0.2, 0) is 6.42 Å². The van der Waals surface area contributed by atoms with Gasteiger partial charge in [-0.25, -0.2) is 0 Å². The van der Waals surface area contributed by atoms with Crippen molar-refractivity contribution in [3.63, 3.8) is 0 Å². The summed E-state index contributed by atoms with van der Waals surface area (Å²) in [5.74, 6) is 1.53. The van der Waals surface area contributed by atoms with Crippen LogP contribution >= 0.6 is 15.9 Å². The van der Waals surface area contributed by atoms with Gasteiger partial charge in [0.15, 0.2) is 11.5 Å². The lowest BCUT2D eigenvalue weighted by Gasteiger charge is -2.30. The fraction of sp³-hybridized carbons (Fsp3) is 0.267. The van der Waals surface area contributed by atoms with Crippen molar-refractivity contribution in [1.29, 1.82) is 0 Å². The van der Waals surface area contributed by atoms with Crippen molar-refractivity contribution in [3.05, 3.63) is 52.8 Å². The summed E-state index contributed by atoms with van der Waals surface area (Å²) < 4.78 is 12.6. The first kappa shape index (κ1) is 13.4. The van der Waals surface area contributed by atoms with E-state index in [-0.39, 0.29) is 12.1 Å². The van der Waals surface area contributed by atoms with E-state index in [4.69, 9.17) is 15.2 Å². The summed E-state index contributed by atoms with van der Waals surface area (Å²) in [6.45, 7) is 0.472. The summed E-state index contributed by atoms with van der Waals surface area (Å²) in [6, 6.07) is 9.53. The molecule has 104 valence electrons. The Bertz CT molecular complexity index is 606. The highest BCUT2D eigenvalue weighted by atomic mass is 79.9. The minimum atomic E-state index is -0.149. The number of aromatic nitrogens is 1. The molecule has 3 rings (SSSR count). The number of benzene rings is 1. The molecule has 0 radical (unpaired) electrons. The number of nitrogens with two attached hydrogens (primary N) is 1. The number of rotatable bonds is 3. The standard InChI is InChI=1S/C15H15BrN2O2/c16-11-5-10(7-18-8-11)6-12(17)15-9-19-13-3-1-2-4-14(13)20-15/h1-5,7-8,12,15H,6,9,17H2. The number of fused-ring (bicyclic) bond motifs is 1. The fourth-order valence-electron chi connectivity index (χ4n) is 2.22. The molecule has 2 N–H and O–H groups in total. The van der Waals surface area contributed by atoms with Gasteiger partial charge in [-0.15, -0.1) is 0 Å². The summed E-state index contributed by atoms with van der Waals surface area (Å²) in [5, 5.41) is 0. The van der Waals surface area contributed by atoms with Crippen molar-refractivity contribution >= 4 is 15.9 Å². The van der Waals surface area contributed by atoms with Crippen molar-refractivity contribution in [2.75, 3.05) is 6.61 Å². The lowest BCUT2D eigenvalue weighted by molar-refractivity contribution is 0.0722. The third-order valence-electron chi connectivity index (χ3n) is 3.24. The van der Waals surface area contributed by atoms with E-state index in [0.717, 1.165) is 21.5 Å². The minimum absolute atomic E-state index is 0.139. The van der Waals surface area contributed by atoms with Crippen molar-refractivity contribution in [2.24, 2.45) is 5.73 Å². The number of nitrogens with zero attached hydrogens (tertiary/aromatic N) is 1. The van der Waals surface area contributed by atoms with Gasteiger partial charge in [-0.2, -0.15) is 0 Å². The monoisotopic (exact) mass is 334 g/mol. The van der Waals surface area contributed by atoms with E-state index in [9.17, 15) is 0 Å². The predicted molar refractivity (Wildman–Crippen MR) is 80.0 cm³/mol. The topological polar surface area (TPSA) is 57.4 Å². The van der Waals surface area contributed by atoms with Gasteiger partial charge >= 0.3 is 0 Å². The molecule has 0 saturated carbocycles. The van der Waals surface area contributed by atoms with Gasteiger partial charge in [0, 0.05) is 22.9 Å². The third-order valence-corrected chi connectivity index (χ3v) is 3.67. The maximum Gasteiger partial charge on any atom is 0.161 e. The highest BCUT2D eigenvalue weighted by Crippen LogP contribution is 2.31. The van der Waals surface area contributed by atoms with Crippen LogP contribution in [0, 0.1) is 0 Å². The molecule has 0 aliphatic carbocycles. The highest BCUT2D eigenvalue weighted by Gasteiger charge is 2.26. The molecule has 4 nitrogen and oxygen atoms in total. The van der Waals surface area contributed by atoms with Crippen molar-refractivity contribution in [1.82, 2.24) is 4.98 Å². The highest BCUT2D eigenvalue weighted by molar-refractivity contribution is 9.10. The van der Waals surface area contributed by atoms with E-state index >= 15 is 0 Å². The maximum atomic E-state index is 6.24. The second-order valence-electron chi connectivity index (χ2n) is 4.79. The zero-order chi connectivity index (χ0) is 13.9. The van der Waals surface area contributed by atoms with E-state index in [1.54, 1.807) is 6.20 Å². The van der Waals surface area contributed by atoms with Crippen LogP contribution in [0.25, 0.3) is 0 Å². The molecule has 2 unspecified atom stereocenters. The summed E-state index contributed by atoms with van der Waals surface area (Å²) >= 11 is 3.41. The first-order valence-electron chi connectivity index (χ1n) is 6.46. The van der Waals surface area contributed by atoms with Gasteiger partial charge in [0.1, 0.15) is 12.7 Å². The molecule has 1 aromatic heterocycles. The largest absolute Gasteiger partial charge is 0.486 e. The molecule has 5 heteroatoms. The van der Waals surface area contributed by atoms with Crippen LogP contribution in [0.2, 0.25) is 0 Å². The molecule has 2 aromatic rings. The normalized spacial score (nSPS) is 18.6. The van der Waals surface area contributed by atoms with Crippen LogP contribution in [0.4, 0.5) is 0 Å². The molecule has 0 amide bonds. The molecule has 1 aliphatic heterocycles. The van der Waals surface area contributed by atoms with Gasteiger partial charge < -0.3 is 15.2 Å². The maximum absolute atomic E-state index is 6.24. The smallest absolute Gasteiger partial charge is 0.161 e. The van der Waals surface area contributed by atoms with Gasteiger partial charge in [0.05, 0.1) is 0 Å².